The Morgan fingerprint density at radius 2 is 2.19 bits per heavy atom. The quantitative estimate of drug-likeness (QED) is 0.835. The average molecular weight is 240 g/mol. The average Bonchev–Trinajstić information content (AvgIpc) is 2.66. The van der Waals surface area contributed by atoms with Gasteiger partial charge in [0.25, 0.3) is 0 Å². The Labute approximate surface area is 101 Å². The fraction of sp³-hybridized carbons (Fsp3) is 0.727. The second-order valence-electron chi connectivity index (χ2n) is 4.48. The molecule has 0 saturated carbocycles. The molecule has 1 aliphatic rings. The summed E-state index contributed by atoms with van der Waals surface area (Å²) in [7, 11) is 4.19. The zero-order valence-electron chi connectivity index (χ0n) is 10.1. The van der Waals surface area contributed by atoms with Gasteiger partial charge in [-0.1, -0.05) is 0 Å². The van der Waals surface area contributed by atoms with Crippen molar-refractivity contribution in [3.05, 3.63) is 16.1 Å². The van der Waals surface area contributed by atoms with E-state index >= 15 is 0 Å². The van der Waals surface area contributed by atoms with Gasteiger partial charge >= 0.3 is 0 Å². The van der Waals surface area contributed by atoms with Gasteiger partial charge in [0, 0.05) is 43.8 Å². The number of aromatic nitrogens is 1. The minimum absolute atomic E-state index is 0.999. The molecule has 1 fully saturated rings. The molecule has 1 saturated heterocycles. The summed E-state index contributed by atoms with van der Waals surface area (Å²) in [6.45, 7) is 6.51. The molecule has 0 bridgehead atoms. The van der Waals surface area contributed by atoms with Crippen molar-refractivity contribution in [3.8, 4) is 0 Å². The number of piperazine rings is 1. The van der Waals surface area contributed by atoms with E-state index in [0.29, 0.717) is 0 Å². The Hall–Kier alpha value is -0.490. The molecule has 2 heterocycles. The van der Waals surface area contributed by atoms with Crippen molar-refractivity contribution < 1.29 is 0 Å². The molecule has 90 valence electrons. The van der Waals surface area contributed by atoms with Crippen LogP contribution in [0.15, 0.2) is 6.20 Å². The van der Waals surface area contributed by atoms with Gasteiger partial charge < -0.3 is 10.2 Å². The van der Waals surface area contributed by atoms with Crippen LogP contribution in [-0.4, -0.2) is 55.1 Å². The number of nitrogens with one attached hydrogen (secondary N) is 1. The SMILES string of the molecule is CN(C)Cc1cnc(CN2CCNCC2)s1. The number of hydrogen-bond acceptors (Lipinski definition) is 5. The summed E-state index contributed by atoms with van der Waals surface area (Å²) in [4.78, 5) is 10.5. The van der Waals surface area contributed by atoms with Crippen LogP contribution < -0.4 is 5.32 Å². The molecule has 1 aliphatic heterocycles. The molecule has 2 rings (SSSR count). The van der Waals surface area contributed by atoms with E-state index in [1.165, 1.54) is 9.88 Å². The predicted octanol–water partition coefficient (Wildman–Crippen LogP) is 0.610. The first-order valence-electron chi connectivity index (χ1n) is 5.75. The number of thiazole rings is 1. The van der Waals surface area contributed by atoms with E-state index in [1.54, 1.807) is 0 Å². The highest BCUT2D eigenvalue weighted by Gasteiger charge is 2.12. The van der Waals surface area contributed by atoms with Crippen molar-refractivity contribution in [3.63, 3.8) is 0 Å². The standard InChI is InChI=1S/C11H20N4S/c1-14(2)8-10-7-13-11(16-10)9-15-5-3-12-4-6-15/h7,12H,3-6,8-9H2,1-2H3. The lowest BCUT2D eigenvalue weighted by Crippen LogP contribution is -2.42. The molecule has 5 heteroatoms. The topological polar surface area (TPSA) is 31.4 Å². The lowest BCUT2D eigenvalue weighted by Gasteiger charge is -2.26. The second-order valence-corrected chi connectivity index (χ2v) is 5.68. The van der Waals surface area contributed by atoms with Crippen LogP contribution in [0, 0.1) is 0 Å². The predicted molar refractivity (Wildman–Crippen MR) is 67.7 cm³/mol. The van der Waals surface area contributed by atoms with Crippen LogP contribution in [0.5, 0.6) is 0 Å². The first-order valence-corrected chi connectivity index (χ1v) is 6.57. The Balaban J connectivity index is 1.86. The molecule has 0 radical (unpaired) electrons. The van der Waals surface area contributed by atoms with E-state index in [2.05, 4.69) is 34.2 Å². The summed E-state index contributed by atoms with van der Waals surface area (Å²) in [5, 5.41) is 4.62. The van der Waals surface area contributed by atoms with E-state index in [4.69, 9.17) is 0 Å². The van der Waals surface area contributed by atoms with Crippen LogP contribution in [0.2, 0.25) is 0 Å². The molecule has 16 heavy (non-hydrogen) atoms. The highest BCUT2D eigenvalue weighted by atomic mass is 32.1. The summed E-state index contributed by atoms with van der Waals surface area (Å²) in [6, 6.07) is 0. The molecule has 0 amide bonds. The third-order valence-electron chi connectivity index (χ3n) is 2.64. The summed E-state index contributed by atoms with van der Waals surface area (Å²) in [6.07, 6.45) is 2.02. The van der Waals surface area contributed by atoms with Gasteiger partial charge in [-0.2, -0.15) is 0 Å². The highest BCUT2D eigenvalue weighted by Crippen LogP contribution is 2.16. The van der Waals surface area contributed by atoms with Gasteiger partial charge in [0.15, 0.2) is 0 Å². The van der Waals surface area contributed by atoms with Crippen LogP contribution in [0.4, 0.5) is 0 Å². The van der Waals surface area contributed by atoms with E-state index < -0.39 is 0 Å². The van der Waals surface area contributed by atoms with E-state index in [1.807, 2.05) is 17.5 Å². The zero-order valence-corrected chi connectivity index (χ0v) is 10.9. The van der Waals surface area contributed by atoms with E-state index in [9.17, 15) is 0 Å². The summed E-state index contributed by atoms with van der Waals surface area (Å²) >= 11 is 1.84. The smallest absolute Gasteiger partial charge is 0.107 e. The normalized spacial score (nSPS) is 18.2. The van der Waals surface area contributed by atoms with Crippen molar-refractivity contribution >= 4 is 11.3 Å². The summed E-state index contributed by atoms with van der Waals surface area (Å²) < 4.78 is 0. The van der Waals surface area contributed by atoms with Crippen LogP contribution in [-0.2, 0) is 13.1 Å². The van der Waals surface area contributed by atoms with Gasteiger partial charge in [0.05, 0.1) is 6.54 Å². The molecule has 0 atom stereocenters. The molecule has 0 aromatic carbocycles. The molecule has 1 aromatic heterocycles. The maximum absolute atomic E-state index is 4.49. The van der Waals surface area contributed by atoms with Gasteiger partial charge in [0.1, 0.15) is 5.01 Å². The fourth-order valence-electron chi connectivity index (χ4n) is 1.87. The molecule has 0 unspecified atom stereocenters. The highest BCUT2D eigenvalue weighted by molar-refractivity contribution is 7.11. The molecule has 0 aliphatic carbocycles. The first kappa shape index (κ1) is 12.0. The Morgan fingerprint density at radius 3 is 2.88 bits per heavy atom. The summed E-state index contributed by atoms with van der Waals surface area (Å²) in [5.41, 5.74) is 0. The Kier molecular flexibility index (Phi) is 4.29. The zero-order chi connectivity index (χ0) is 11.4. The maximum Gasteiger partial charge on any atom is 0.107 e. The van der Waals surface area contributed by atoms with Crippen LogP contribution >= 0.6 is 11.3 Å². The lowest BCUT2D eigenvalue weighted by molar-refractivity contribution is 0.233. The lowest BCUT2D eigenvalue weighted by atomic mass is 10.3. The van der Waals surface area contributed by atoms with Gasteiger partial charge in [-0.3, -0.25) is 4.90 Å². The molecule has 0 spiro atoms. The van der Waals surface area contributed by atoms with Crippen LogP contribution in [0.1, 0.15) is 9.88 Å². The molecule has 4 nitrogen and oxygen atoms in total. The molecule has 1 N–H and O–H groups in total. The van der Waals surface area contributed by atoms with Crippen molar-refractivity contribution in [1.82, 2.24) is 20.1 Å². The van der Waals surface area contributed by atoms with Crippen molar-refractivity contribution in [2.24, 2.45) is 0 Å². The number of hydrogen-bond donors (Lipinski definition) is 1. The summed E-state index contributed by atoms with van der Waals surface area (Å²) in [5.74, 6) is 0. The van der Waals surface area contributed by atoms with E-state index in [-0.39, 0.29) is 0 Å². The van der Waals surface area contributed by atoms with Gasteiger partial charge in [-0.05, 0) is 14.1 Å². The minimum Gasteiger partial charge on any atom is -0.314 e. The molecular formula is C11H20N4S. The second kappa shape index (κ2) is 5.72. The van der Waals surface area contributed by atoms with Gasteiger partial charge in [-0.15, -0.1) is 11.3 Å². The van der Waals surface area contributed by atoms with Crippen molar-refractivity contribution in [2.75, 3.05) is 40.3 Å². The number of rotatable bonds is 4. The van der Waals surface area contributed by atoms with Crippen LogP contribution in [0.25, 0.3) is 0 Å². The first-order chi connectivity index (χ1) is 7.74. The molecular weight excluding hydrogens is 220 g/mol. The van der Waals surface area contributed by atoms with Crippen molar-refractivity contribution in [1.29, 1.82) is 0 Å². The van der Waals surface area contributed by atoms with Gasteiger partial charge in [0.2, 0.25) is 0 Å². The maximum atomic E-state index is 4.49. The fourth-order valence-corrected chi connectivity index (χ4v) is 2.95. The minimum atomic E-state index is 0.999. The third-order valence-corrected chi connectivity index (χ3v) is 3.61. The third kappa shape index (κ3) is 3.52. The van der Waals surface area contributed by atoms with Gasteiger partial charge in [-0.25, -0.2) is 4.98 Å². The van der Waals surface area contributed by atoms with E-state index in [0.717, 1.165) is 39.3 Å². The molecule has 1 aromatic rings. The Morgan fingerprint density at radius 1 is 1.44 bits per heavy atom. The van der Waals surface area contributed by atoms with Crippen LogP contribution in [0.3, 0.4) is 0 Å². The number of nitrogens with zero attached hydrogens (tertiary/aromatic N) is 3. The largest absolute Gasteiger partial charge is 0.314 e. The van der Waals surface area contributed by atoms with Crippen molar-refractivity contribution in [2.45, 2.75) is 13.1 Å². The monoisotopic (exact) mass is 240 g/mol. The Bertz CT molecular complexity index is 318.